The predicted molar refractivity (Wildman–Crippen MR) is 171 cm³/mol. The van der Waals surface area contributed by atoms with Gasteiger partial charge in [-0.05, 0) is 68.4 Å². The number of hydrogen-bond acceptors (Lipinski definition) is 10. The molecule has 0 spiro atoms. The van der Waals surface area contributed by atoms with Gasteiger partial charge in [-0.2, -0.15) is 5.10 Å². The van der Waals surface area contributed by atoms with Crippen LogP contribution in [0.25, 0.3) is 11.1 Å². The minimum Gasteiger partial charge on any atom is -0.870 e. The molecule has 1 saturated heterocycles. The normalized spacial score (nSPS) is 17.7. The van der Waals surface area contributed by atoms with Crippen molar-refractivity contribution in [2.24, 2.45) is 5.92 Å². The number of nitro groups is 1. The van der Waals surface area contributed by atoms with Crippen molar-refractivity contribution in [3.8, 4) is 22.8 Å². The van der Waals surface area contributed by atoms with Crippen molar-refractivity contribution < 1.29 is 68.9 Å². The topological polar surface area (TPSA) is 184 Å². The van der Waals surface area contributed by atoms with E-state index in [0.29, 0.717) is 0 Å². The second-order valence-corrected chi connectivity index (χ2v) is 11.9. The molecular weight excluding hydrogens is 631 g/mol. The Morgan fingerprint density at radius 2 is 1.73 bits per heavy atom. The van der Waals surface area contributed by atoms with Crippen LogP contribution in [0.15, 0.2) is 54.6 Å². The number of nitro benzene ring substituents is 1. The van der Waals surface area contributed by atoms with E-state index in [9.17, 15) is 24.8 Å². The smallest absolute Gasteiger partial charge is 0.870 e. The quantitative estimate of drug-likeness (QED) is 0.128. The Morgan fingerprint density at radius 3 is 2.38 bits per heavy atom. The summed E-state index contributed by atoms with van der Waals surface area (Å²) in [5.41, 5.74) is 2.76. The summed E-state index contributed by atoms with van der Waals surface area (Å²) in [7, 11) is 0. The first-order valence-electron chi connectivity index (χ1n) is 16.0. The number of carbonyl (C=O) groups excluding carboxylic acids is 1. The van der Waals surface area contributed by atoms with Gasteiger partial charge in [0.1, 0.15) is 11.9 Å². The van der Waals surface area contributed by atoms with E-state index in [0.717, 1.165) is 54.7 Å². The molecule has 0 unspecified atom stereocenters. The first-order valence-corrected chi connectivity index (χ1v) is 16.0. The van der Waals surface area contributed by atoms with Crippen molar-refractivity contribution in [2.75, 3.05) is 19.7 Å². The molecule has 1 saturated carbocycles. The number of carbonyl (C=O) groups is 2. The first-order chi connectivity index (χ1) is 22.3. The molecule has 1 aromatic heterocycles. The number of aryl methyl sites for hydroxylation is 1. The number of ether oxygens (including phenoxy) is 3. The number of esters is 1. The fourth-order valence-electron chi connectivity index (χ4n) is 5.95. The predicted octanol–water partition coefficient (Wildman–Crippen LogP) is 3.54. The third kappa shape index (κ3) is 10.4. The number of piperidine rings is 1. The van der Waals surface area contributed by atoms with E-state index < -0.39 is 29.0 Å². The van der Waals surface area contributed by atoms with Crippen LogP contribution in [-0.2, 0) is 11.2 Å². The molecule has 1 aliphatic heterocycles. The SMILES string of the molecule is CCCCc1nnc(OC[C@@H]2CN(C(=O)O)CC[C@H]2OC(=O)c2ccc([N+](=O)[O-])cc2)cc1-c1ccc(OC2CCCCC2)cc1.[Na+].[OH-]. The third-order valence-corrected chi connectivity index (χ3v) is 8.59. The fraction of sp³-hybridized carbons (Fsp3) is 0.471. The molecule has 0 radical (unpaired) electrons. The Morgan fingerprint density at radius 1 is 1.02 bits per heavy atom. The van der Waals surface area contributed by atoms with Crippen molar-refractivity contribution in [3.63, 3.8) is 0 Å². The van der Waals surface area contributed by atoms with Gasteiger partial charge in [-0.1, -0.05) is 31.9 Å². The minimum atomic E-state index is -1.07. The molecule has 48 heavy (non-hydrogen) atoms. The molecule has 1 aliphatic carbocycles. The average molecular weight is 673 g/mol. The van der Waals surface area contributed by atoms with E-state index in [2.05, 4.69) is 17.1 Å². The number of amides is 1. The molecule has 1 amide bonds. The molecule has 252 valence electrons. The van der Waals surface area contributed by atoms with Gasteiger partial charge in [-0.25, -0.2) is 9.59 Å². The van der Waals surface area contributed by atoms with Crippen LogP contribution in [0.5, 0.6) is 11.6 Å². The van der Waals surface area contributed by atoms with Gasteiger partial charge >= 0.3 is 41.6 Å². The molecule has 13 nitrogen and oxygen atoms in total. The van der Waals surface area contributed by atoms with E-state index in [4.69, 9.17) is 14.2 Å². The summed E-state index contributed by atoms with van der Waals surface area (Å²) < 4.78 is 18.1. The molecule has 2 aliphatic rings. The number of aromatic nitrogens is 2. The van der Waals surface area contributed by atoms with E-state index >= 15 is 0 Å². The largest absolute Gasteiger partial charge is 1.00 e. The Balaban J connectivity index is 0.00000312. The Kier molecular flexibility index (Phi) is 15.0. The molecule has 5 rings (SSSR count). The van der Waals surface area contributed by atoms with Crippen LogP contribution in [0.3, 0.4) is 0 Å². The molecule has 2 atom stereocenters. The molecule has 2 aromatic carbocycles. The maximum Gasteiger partial charge on any atom is 1.00 e. The fourth-order valence-corrected chi connectivity index (χ4v) is 5.95. The monoisotopic (exact) mass is 672 g/mol. The van der Waals surface area contributed by atoms with Crippen LogP contribution >= 0.6 is 0 Å². The van der Waals surface area contributed by atoms with Crippen molar-refractivity contribution >= 4 is 17.7 Å². The minimum absolute atomic E-state index is 0. The Bertz CT molecular complexity index is 1500. The summed E-state index contributed by atoms with van der Waals surface area (Å²) in [5, 5.41) is 29.4. The van der Waals surface area contributed by atoms with Gasteiger partial charge in [0, 0.05) is 49.2 Å². The average Bonchev–Trinajstić information content (AvgIpc) is 3.07. The van der Waals surface area contributed by atoms with Crippen molar-refractivity contribution in [3.05, 3.63) is 76.0 Å². The molecule has 0 bridgehead atoms. The van der Waals surface area contributed by atoms with E-state index in [-0.39, 0.29) is 84.4 Å². The molecule has 14 heteroatoms. The molecule has 3 aromatic rings. The van der Waals surface area contributed by atoms with Crippen LogP contribution in [0.2, 0.25) is 0 Å². The van der Waals surface area contributed by atoms with E-state index in [1.54, 1.807) is 0 Å². The Hall–Kier alpha value is -3.78. The number of non-ortho nitro benzene ring substituents is 1. The summed E-state index contributed by atoms with van der Waals surface area (Å²) in [6, 6.07) is 15.0. The van der Waals surface area contributed by atoms with Gasteiger partial charge < -0.3 is 29.7 Å². The second kappa shape index (κ2) is 18.7. The van der Waals surface area contributed by atoms with Crippen LogP contribution in [0, 0.1) is 16.0 Å². The van der Waals surface area contributed by atoms with Crippen molar-refractivity contribution in [1.82, 2.24) is 15.1 Å². The van der Waals surface area contributed by atoms with Gasteiger partial charge in [-0.15, -0.1) is 5.10 Å². The van der Waals surface area contributed by atoms with Crippen LogP contribution in [0.4, 0.5) is 10.5 Å². The molecular formula is C34H41N4NaO9. The molecule has 2 heterocycles. The van der Waals surface area contributed by atoms with Crippen LogP contribution < -0.4 is 39.0 Å². The van der Waals surface area contributed by atoms with Crippen molar-refractivity contribution in [1.29, 1.82) is 0 Å². The maximum atomic E-state index is 12.9. The van der Waals surface area contributed by atoms with E-state index in [1.807, 2.05) is 30.3 Å². The van der Waals surface area contributed by atoms with Gasteiger partial charge in [0.25, 0.3) is 5.69 Å². The van der Waals surface area contributed by atoms with Gasteiger partial charge in [0.05, 0.1) is 28.9 Å². The standard InChI is InChI=1S/C34H40N4O8.Na.H2O/c1-2-3-9-30-29(23-12-16-28(17-13-23)45-27-7-5-4-6-8-27)20-32(36-35-30)44-22-25-21-37(34(40)41)19-18-31(25)46-33(39)24-10-14-26(15-11-24)38(42)43;;/h10-17,20,25,27,31H,2-9,18-19,21-22H2,1H3,(H,40,41);;1H2/q;+1;/p-1/t25-,31+;;/m0../s1. The van der Waals surface area contributed by atoms with Gasteiger partial charge in [0.15, 0.2) is 0 Å². The summed E-state index contributed by atoms with van der Waals surface area (Å²) >= 11 is 0. The number of unbranched alkanes of at least 4 members (excludes halogenated alkanes) is 1. The van der Waals surface area contributed by atoms with Crippen LogP contribution in [-0.4, -0.2) is 74.6 Å². The van der Waals surface area contributed by atoms with Crippen LogP contribution in [0.1, 0.15) is 74.3 Å². The van der Waals surface area contributed by atoms with E-state index in [1.165, 1.54) is 48.4 Å². The van der Waals surface area contributed by atoms with Crippen molar-refractivity contribution in [2.45, 2.75) is 76.9 Å². The van der Waals surface area contributed by atoms with Gasteiger partial charge in [0.2, 0.25) is 5.88 Å². The number of benzene rings is 2. The number of likely N-dealkylation sites (tertiary alicyclic amines) is 1. The summed E-state index contributed by atoms with van der Waals surface area (Å²) in [6.07, 6.45) is 7.41. The maximum absolute atomic E-state index is 12.9. The summed E-state index contributed by atoms with van der Waals surface area (Å²) in [5.74, 6) is 0.00421. The zero-order chi connectivity index (χ0) is 32.5. The second-order valence-electron chi connectivity index (χ2n) is 11.9. The summed E-state index contributed by atoms with van der Waals surface area (Å²) in [6.45, 7) is 2.46. The number of hydrogen-bond donors (Lipinski definition) is 1. The number of rotatable bonds is 12. The number of carboxylic acid groups (broad SMARTS) is 1. The zero-order valence-corrected chi connectivity index (χ0v) is 29.5. The third-order valence-electron chi connectivity index (χ3n) is 8.59. The number of nitrogens with zero attached hydrogens (tertiary/aromatic N) is 4. The molecule has 2 fully saturated rings. The molecule has 2 N–H and O–H groups in total. The Labute approximate surface area is 301 Å². The zero-order valence-electron chi connectivity index (χ0n) is 27.5. The summed E-state index contributed by atoms with van der Waals surface area (Å²) in [4.78, 5) is 36.4. The van der Waals surface area contributed by atoms with Gasteiger partial charge in [-0.3, -0.25) is 10.1 Å². The first kappa shape index (κ1) is 38.7.